The molecule has 8 heteroatoms. The second-order valence-corrected chi connectivity index (χ2v) is 10.8. The Bertz CT molecular complexity index is 966. The van der Waals surface area contributed by atoms with E-state index < -0.39 is 11.2 Å². The first-order valence-corrected chi connectivity index (χ1v) is 12.6. The molecule has 4 heterocycles. The number of benzene rings is 1. The Kier molecular flexibility index (Phi) is 4.77. The predicted molar refractivity (Wildman–Crippen MR) is 119 cm³/mol. The van der Waals surface area contributed by atoms with Crippen LogP contribution in [0.5, 0.6) is 5.75 Å². The van der Waals surface area contributed by atoms with Crippen molar-refractivity contribution in [3.63, 3.8) is 0 Å². The van der Waals surface area contributed by atoms with Gasteiger partial charge in [0.1, 0.15) is 23.3 Å². The summed E-state index contributed by atoms with van der Waals surface area (Å²) in [4.78, 5) is 12.6. The van der Waals surface area contributed by atoms with E-state index in [0.717, 1.165) is 73.9 Å². The first kappa shape index (κ1) is 19.6. The molecule has 2 N–H and O–H groups in total. The molecule has 6 rings (SSSR count). The number of piperidine rings is 1. The van der Waals surface area contributed by atoms with Gasteiger partial charge in [0.15, 0.2) is 5.82 Å². The maximum atomic E-state index is 12.6. The molecule has 0 amide bonds. The van der Waals surface area contributed by atoms with Crippen LogP contribution in [0, 0.1) is 5.92 Å². The summed E-state index contributed by atoms with van der Waals surface area (Å²) in [6.07, 6.45) is 5.92. The van der Waals surface area contributed by atoms with Gasteiger partial charge in [-0.3, -0.25) is 0 Å². The Hall–Kier alpha value is -2.03. The van der Waals surface area contributed by atoms with E-state index in [9.17, 15) is 9.66 Å². The summed E-state index contributed by atoms with van der Waals surface area (Å²) in [5.74, 6) is 3.57. The number of aliphatic hydroxyl groups excluding tert-OH is 1. The molecular weight excluding hydrogens is 412 g/mol. The number of nitrogens with zero attached hydrogens (tertiary/aromatic N) is 3. The third-order valence-electron chi connectivity index (χ3n) is 7.24. The third-order valence-corrected chi connectivity index (χ3v) is 8.70. The molecule has 1 aliphatic carbocycles. The van der Waals surface area contributed by atoms with Crippen LogP contribution >= 0.6 is 0 Å². The van der Waals surface area contributed by atoms with Gasteiger partial charge in [-0.05, 0) is 54.4 Å². The van der Waals surface area contributed by atoms with Crippen LogP contribution in [0.1, 0.15) is 36.9 Å². The molecule has 164 valence electrons. The van der Waals surface area contributed by atoms with E-state index in [1.807, 2.05) is 6.07 Å². The molecule has 31 heavy (non-hydrogen) atoms. The van der Waals surface area contributed by atoms with Crippen molar-refractivity contribution in [1.29, 1.82) is 0 Å². The van der Waals surface area contributed by atoms with E-state index in [-0.39, 0.29) is 18.2 Å². The van der Waals surface area contributed by atoms with Crippen LogP contribution in [0.15, 0.2) is 29.2 Å². The summed E-state index contributed by atoms with van der Waals surface area (Å²) in [6.45, 7) is 1.86. The first-order valence-electron chi connectivity index (χ1n) is 11.3. The van der Waals surface area contributed by atoms with Gasteiger partial charge in [0.2, 0.25) is 10.8 Å². The van der Waals surface area contributed by atoms with E-state index in [2.05, 4.69) is 28.4 Å². The van der Waals surface area contributed by atoms with Crippen LogP contribution in [0.2, 0.25) is 0 Å². The second kappa shape index (κ2) is 7.53. The molecule has 2 atom stereocenters. The fourth-order valence-electron chi connectivity index (χ4n) is 5.08. The maximum absolute atomic E-state index is 12.6. The highest BCUT2D eigenvalue weighted by Gasteiger charge is 2.45. The summed E-state index contributed by atoms with van der Waals surface area (Å²) < 4.78 is 18.8. The molecule has 1 aromatic carbocycles. The fraction of sp³-hybridized carbons (Fsp3) is 0.565. The van der Waals surface area contributed by atoms with Crippen LogP contribution in [-0.4, -0.2) is 56.7 Å². The Labute approximate surface area is 185 Å². The number of fused-ring (bicyclic) bond motifs is 2. The van der Waals surface area contributed by atoms with E-state index in [1.54, 1.807) is 0 Å². The Morgan fingerprint density at radius 1 is 1.23 bits per heavy atom. The minimum atomic E-state index is -1.06. The Morgan fingerprint density at radius 2 is 2.03 bits per heavy atom. The van der Waals surface area contributed by atoms with Crippen molar-refractivity contribution in [2.24, 2.45) is 5.92 Å². The van der Waals surface area contributed by atoms with E-state index in [1.165, 1.54) is 5.56 Å². The molecule has 0 bridgehead atoms. The largest absolute Gasteiger partial charge is 0.611 e. The Balaban J connectivity index is 1.18. The number of nitrogens with one attached hydrogen (secondary N) is 1. The molecule has 1 saturated carbocycles. The highest BCUT2D eigenvalue weighted by molar-refractivity contribution is 7.91. The Morgan fingerprint density at radius 3 is 2.77 bits per heavy atom. The summed E-state index contributed by atoms with van der Waals surface area (Å²) >= 11 is -1.06. The molecule has 2 fully saturated rings. The van der Waals surface area contributed by atoms with Gasteiger partial charge in [-0.1, -0.05) is 18.2 Å². The number of aliphatic hydroxyl groups is 1. The number of rotatable bonds is 5. The van der Waals surface area contributed by atoms with E-state index >= 15 is 0 Å². The van der Waals surface area contributed by atoms with Crippen molar-refractivity contribution < 1.29 is 14.4 Å². The quantitative estimate of drug-likeness (QED) is 0.689. The number of ether oxygens (including phenoxy) is 1. The zero-order valence-electron chi connectivity index (χ0n) is 17.5. The van der Waals surface area contributed by atoms with E-state index in [4.69, 9.17) is 14.7 Å². The number of para-hydroxylation sites is 1. The van der Waals surface area contributed by atoms with Crippen molar-refractivity contribution >= 4 is 22.9 Å². The summed E-state index contributed by atoms with van der Waals surface area (Å²) in [5.41, 5.74) is 1.92. The lowest BCUT2D eigenvalue weighted by atomic mass is 9.89. The van der Waals surface area contributed by atoms with Crippen molar-refractivity contribution in [3.05, 3.63) is 35.5 Å². The zero-order valence-corrected chi connectivity index (χ0v) is 18.4. The van der Waals surface area contributed by atoms with Gasteiger partial charge in [0.25, 0.3) is 0 Å². The summed E-state index contributed by atoms with van der Waals surface area (Å²) in [5, 5.41) is 13.2. The minimum absolute atomic E-state index is 0.0723. The average molecular weight is 441 g/mol. The topological polar surface area (TPSA) is 93.6 Å². The number of aryl methyl sites for hydroxylation is 1. The second-order valence-electron chi connectivity index (χ2n) is 9.30. The molecule has 1 saturated heterocycles. The number of hydrogen-bond donors (Lipinski definition) is 2. The smallest absolute Gasteiger partial charge is 0.227 e. The molecular formula is C23H28N4O3S. The number of aromatic nitrogens is 2. The normalized spacial score (nSPS) is 26.3. The molecule has 7 nitrogen and oxygen atoms in total. The first-order chi connectivity index (χ1) is 15.1. The van der Waals surface area contributed by atoms with Crippen LogP contribution in [0.3, 0.4) is 0 Å². The SMILES string of the molecule is [O-][S+]1CCc2nc(N3CCC(C4Cc5ccccc5O4)CC3)nc(NC3(CO)CC3)c21. The lowest BCUT2D eigenvalue weighted by Crippen LogP contribution is -2.40. The highest BCUT2D eigenvalue weighted by atomic mass is 32.2. The van der Waals surface area contributed by atoms with Gasteiger partial charge in [0, 0.05) is 25.9 Å². The van der Waals surface area contributed by atoms with Gasteiger partial charge >= 0.3 is 0 Å². The molecule has 0 radical (unpaired) electrons. The number of anilines is 2. The average Bonchev–Trinajstić information content (AvgIpc) is 3.26. The van der Waals surface area contributed by atoms with Crippen LogP contribution < -0.4 is 15.0 Å². The van der Waals surface area contributed by atoms with Gasteiger partial charge in [0.05, 0.1) is 12.1 Å². The lowest BCUT2D eigenvalue weighted by Gasteiger charge is -2.34. The predicted octanol–water partition coefficient (Wildman–Crippen LogP) is 2.30. The van der Waals surface area contributed by atoms with Gasteiger partial charge in [-0.25, -0.2) is 4.98 Å². The summed E-state index contributed by atoms with van der Waals surface area (Å²) in [7, 11) is 0. The van der Waals surface area contributed by atoms with Crippen molar-refractivity contribution in [2.75, 3.05) is 35.7 Å². The molecule has 1 aromatic heterocycles. The molecule has 2 unspecified atom stereocenters. The highest BCUT2D eigenvalue weighted by Crippen LogP contribution is 2.42. The molecule has 4 aliphatic rings. The third kappa shape index (κ3) is 3.54. The van der Waals surface area contributed by atoms with Gasteiger partial charge < -0.3 is 24.6 Å². The van der Waals surface area contributed by atoms with Crippen LogP contribution in [0.25, 0.3) is 0 Å². The number of hydrogen-bond acceptors (Lipinski definition) is 7. The maximum Gasteiger partial charge on any atom is 0.227 e. The van der Waals surface area contributed by atoms with Crippen molar-refractivity contribution in [2.45, 2.75) is 55.1 Å². The van der Waals surface area contributed by atoms with Gasteiger partial charge in [-0.2, -0.15) is 4.98 Å². The van der Waals surface area contributed by atoms with Gasteiger partial charge in [-0.15, -0.1) is 0 Å². The van der Waals surface area contributed by atoms with Crippen LogP contribution in [-0.2, 0) is 24.0 Å². The standard InChI is InChI=1S/C23H28N4O3S/c28-14-23(8-9-23)26-21-20-17(7-12-31(20)29)24-22(25-21)27-10-5-15(6-11-27)19-13-16-3-1-2-4-18(16)30-19/h1-4,15,19,28H,5-14H2,(H,24,25,26). The van der Waals surface area contributed by atoms with Crippen molar-refractivity contribution in [1.82, 2.24) is 9.97 Å². The molecule has 0 spiro atoms. The fourth-order valence-corrected chi connectivity index (χ4v) is 6.38. The molecule has 3 aliphatic heterocycles. The van der Waals surface area contributed by atoms with Crippen molar-refractivity contribution in [3.8, 4) is 5.75 Å². The lowest BCUT2D eigenvalue weighted by molar-refractivity contribution is 0.138. The zero-order chi connectivity index (χ0) is 21.0. The molecule has 2 aromatic rings. The summed E-state index contributed by atoms with van der Waals surface area (Å²) in [6, 6.07) is 8.36. The van der Waals surface area contributed by atoms with Crippen LogP contribution in [0.4, 0.5) is 11.8 Å². The minimum Gasteiger partial charge on any atom is -0.611 e. The van der Waals surface area contributed by atoms with E-state index in [0.29, 0.717) is 17.5 Å². The monoisotopic (exact) mass is 440 g/mol.